The van der Waals surface area contributed by atoms with Crippen molar-refractivity contribution < 1.29 is 22.7 Å². The molecular formula is C20H30F3IN4O2. The molecule has 0 saturated heterocycles. The summed E-state index contributed by atoms with van der Waals surface area (Å²) in [7, 11) is 5.20. The third-order valence-electron chi connectivity index (χ3n) is 5.02. The Balaban J connectivity index is 0.00000450. The molecule has 10 heteroatoms. The number of hydrogen-bond acceptors (Lipinski definition) is 3. The first-order valence-electron chi connectivity index (χ1n) is 9.60. The topological polar surface area (TPSA) is 66.0 Å². The quantitative estimate of drug-likeness (QED) is 0.314. The summed E-state index contributed by atoms with van der Waals surface area (Å²) in [5.74, 6) is 0.867. The first kappa shape index (κ1) is 26.3. The van der Waals surface area contributed by atoms with Crippen molar-refractivity contribution in [3.8, 4) is 5.75 Å². The Labute approximate surface area is 192 Å². The van der Waals surface area contributed by atoms with Crippen LogP contribution in [0, 0.1) is 5.41 Å². The third-order valence-corrected chi connectivity index (χ3v) is 5.02. The van der Waals surface area contributed by atoms with E-state index in [4.69, 9.17) is 4.74 Å². The van der Waals surface area contributed by atoms with E-state index in [0.29, 0.717) is 19.0 Å². The second-order valence-electron chi connectivity index (χ2n) is 7.51. The van der Waals surface area contributed by atoms with Crippen LogP contribution in [0.25, 0.3) is 0 Å². The van der Waals surface area contributed by atoms with Gasteiger partial charge in [0.2, 0.25) is 5.91 Å². The average Bonchev–Trinajstić information content (AvgIpc) is 3.16. The van der Waals surface area contributed by atoms with Gasteiger partial charge in [0.05, 0.1) is 5.41 Å². The summed E-state index contributed by atoms with van der Waals surface area (Å²) >= 11 is 0. The molecule has 1 aliphatic rings. The number of nitrogens with zero attached hydrogens (tertiary/aromatic N) is 2. The van der Waals surface area contributed by atoms with Crippen LogP contribution in [-0.2, 0) is 11.3 Å². The van der Waals surface area contributed by atoms with Crippen LogP contribution in [0.1, 0.15) is 31.2 Å². The monoisotopic (exact) mass is 542 g/mol. The van der Waals surface area contributed by atoms with Crippen LogP contribution >= 0.6 is 24.0 Å². The molecular weight excluding hydrogens is 512 g/mol. The van der Waals surface area contributed by atoms with Crippen molar-refractivity contribution in [3.63, 3.8) is 0 Å². The van der Waals surface area contributed by atoms with Crippen LogP contribution in [-0.4, -0.2) is 57.2 Å². The number of aliphatic imine (C=N–C) groups is 1. The molecule has 0 aromatic heterocycles. The van der Waals surface area contributed by atoms with E-state index in [2.05, 4.69) is 15.6 Å². The molecule has 1 aliphatic carbocycles. The maximum atomic E-state index is 12.6. The van der Waals surface area contributed by atoms with Gasteiger partial charge in [-0.25, -0.2) is 0 Å². The van der Waals surface area contributed by atoms with Crippen LogP contribution in [0.3, 0.4) is 0 Å². The lowest BCUT2D eigenvalue weighted by atomic mass is 9.84. The van der Waals surface area contributed by atoms with Gasteiger partial charge in [-0.3, -0.25) is 9.79 Å². The highest BCUT2D eigenvalue weighted by Gasteiger charge is 2.42. The third kappa shape index (κ3) is 7.84. The number of amides is 1. The molecule has 0 spiro atoms. The summed E-state index contributed by atoms with van der Waals surface area (Å²) in [4.78, 5) is 18.5. The summed E-state index contributed by atoms with van der Waals surface area (Å²) in [6.45, 7) is -0.365. The van der Waals surface area contributed by atoms with Crippen LogP contribution < -0.4 is 15.4 Å². The maximum absolute atomic E-state index is 12.6. The number of nitrogens with one attached hydrogen (secondary N) is 2. The van der Waals surface area contributed by atoms with Gasteiger partial charge < -0.3 is 20.3 Å². The van der Waals surface area contributed by atoms with Crippen LogP contribution in [0.5, 0.6) is 5.75 Å². The molecule has 1 fully saturated rings. The number of carbonyl (C=O) groups excluding carboxylic acids is 1. The van der Waals surface area contributed by atoms with Crippen LogP contribution in [0.2, 0.25) is 0 Å². The first-order chi connectivity index (χ1) is 13.6. The molecule has 6 nitrogen and oxygen atoms in total. The molecule has 0 atom stereocenters. The second-order valence-corrected chi connectivity index (χ2v) is 7.51. The molecule has 2 rings (SSSR count). The lowest BCUT2D eigenvalue weighted by Crippen LogP contribution is -2.49. The first-order valence-corrected chi connectivity index (χ1v) is 9.60. The van der Waals surface area contributed by atoms with Crippen molar-refractivity contribution in [2.75, 3.05) is 34.3 Å². The van der Waals surface area contributed by atoms with Gasteiger partial charge in [0, 0.05) is 34.2 Å². The summed E-state index contributed by atoms with van der Waals surface area (Å²) in [6, 6.07) is 6.39. The predicted molar refractivity (Wildman–Crippen MR) is 121 cm³/mol. The minimum absolute atomic E-state index is 0. The summed E-state index contributed by atoms with van der Waals surface area (Å²) in [6.07, 6.45) is -0.573. The Morgan fingerprint density at radius 2 is 1.77 bits per heavy atom. The van der Waals surface area contributed by atoms with Gasteiger partial charge in [0.1, 0.15) is 5.75 Å². The van der Waals surface area contributed by atoms with E-state index in [-0.39, 0.29) is 35.6 Å². The Bertz CT molecular complexity index is 703. The lowest BCUT2D eigenvalue weighted by molar-refractivity contribution is -0.153. The van der Waals surface area contributed by atoms with Crippen molar-refractivity contribution in [1.82, 2.24) is 15.5 Å². The summed E-state index contributed by atoms with van der Waals surface area (Å²) in [5.41, 5.74) is 0.464. The summed E-state index contributed by atoms with van der Waals surface area (Å²) in [5, 5.41) is 6.41. The van der Waals surface area contributed by atoms with Crippen molar-refractivity contribution in [3.05, 3.63) is 29.8 Å². The van der Waals surface area contributed by atoms with Gasteiger partial charge in [0.15, 0.2) is 12.6 Å². The minimum Gasteiger partial charge on any atom is -0.484 e. The molecule has 0 unspecified atom stereocenters. The van der Waals surface area contributed by atoms with E-state index in [1.807, 2.05) is 0 Å². The van der Waals surface area contributed by atoms with Gasteiger partial charge in [-0.1, -0.05) is 25.0 Å². The highest BCUT2D eigenvalue weighted by atomic mass is 127. The molecule has 0 aliphatic heterocycles. The molecule has 0 radical (unpaired) electrons. The molecule has 1 aromatic carbocycles. The number of carbonyl (C=O) groups is 1. The van der Waals surface area contributed by atoms with Crippen molar-refractivity contribution in [2.24, 2.45) is 10.4 Å². The van der Waals surface area contributed by atoms with E-state index < -0.39 is 18.2 Å². The van der Waals surface area contributed by atoms with Crippen molar-refractivity contribution in [2.45, 2.75) is 38.4 Å². The molecule has 170 valence electrons. The van der Waals surface area contributed by atoms with Crippen molar-refractivity contribution >= 4 is 35.8 Å². The molecule has 2 N–H and O–H groups in total. The Hall–Kier alpha value is -1.72. The molecule has 0 bridgehead atoms. The van der Waals surface area contributed by atoms with E-state index in [1.165, 1.54) is 12.1 Å². The number of halogens is 4. The summed E-state index contributed by atoms with van der Waals surface area (Å²) < 4.78 is 41.3. The Morgan fingerprint density at radius 1 is 1.17 bits per heavy atom. The van der Waals surface area contributed by atoms with E-state index >= 15 is 0 Å². The molecule has 30 heavy (non-hydrogen) atoms. The number of guanidine groups is 1. The maximum Gasteiger partial charge on any atom is 0.422 e. The zero-order valence-electron chi connectivity index (χ0n) is 17.5. The number of benzene rings is 1. The minimum atomic E-state index is -4.36. The van der Waals surface area contributed by atoms with Crippen LogP contribution in [0.15, 0.2) is 29.3 Å². The van der Waals surface area contributed by atoms with Gasteiger partial charge in [-0.05, 0) is 30.5 Å². The molecule has 0 heterocycles. The number of ether oxygens (including phenoxy) is 1. The zero-order valence-corrected chi connectivity index (χ0v) is 19.8. The highest BCUT2D eigenvalue weighted by Crippen LogP contribution is 2.38. The van der Waals surface area contributed by atoms with Gasteiger partial charge in [0.25, 0.3) is 0 Å². The average molecular weight is 542 g/mol. The zero-order chi connectivity index (χ0) is 21.5. The van der Waals surface area contributed by atoms with Gasteiger partial charge in [-0.15, -0.1) is 24.0 Å². The van der Waals surface area contributed by atoms with E-state index in [9.17, 15) is 18.0 Å². The van der Waals surface area contributed by atoms with Crippen molar-refractivity contribution in [1.29, 1.82) is 0 Å². The SMILES string of the molecule is CN=C(NCc1ccc(OCC(F)(F)F)cc1)NCC1(C(=O)N(C)C)CCCC1.I. The highest BCUT2D eigenvalue weighted by molar-refractivity contribution is 14.0. The van der Waals surface area contributed by atoms with Gasteiger partial charge in [-0.2, -0.15) is 13.2 Å². The smallest absolute Gasteiger partial charge is 0.422 e. The van der Waals surface area contributed by atoms with Crippen LogP contribution in [0.4, 0.5) is 13.2 Å². The molecule has 1 amide bonds. The fraction of sp³-hybridized carbons (Fsp3) is 0.600. The molecule has 1 aromatic rings. The second kappa shape index (κ2) is 11.6. The Morgan fingerprint density at radius 3 is 2.27 bits per heavy atom. The van der Waals surface area contributed by atoms with E-state index in [0.717, 1.165) is 31.2 Å². The fourth-order valence-corrected chi connectivity index (χ4v) is 3.52. The molecule has 1 saturated carbocycles. The van der Waals surface area contributed by atoms with E-state index in [1.54, 1.807) is 38.2 Å². The number of rotatable bonds is 7. The standard InChI is InChI=1S/C20H29F3N4O2.HI/c1-24-18(26-13-19(10-4-5-11-19)17(28)27(2)3)25-12-15-6-8-16(9-7-15)29-14-20(21,22)23;/h6-9H,4-5,10-14H2,1-3H3,(H2,24,25,26);1H. The fourth-order valence-electron chi connectivity index (χ4n) is 3.52. The Kier molecular flexibility index (Phi) is 10.2. The largest absolute Gasteiger partial charge is 0.484 e. The lowest BCUT2D eigenvalue weighted by Gasteiger charge is -2.31. The predicted octanol–water partition coefficient (Wildman–Crippen LogP) is 3.56. The number of alkyl halides is 3. The number of hydrogen-bond donors (Lipinski definition) is 2. The normalized spacial score (nSPS) is 15.9. The van der Waals surface area contributed by atoms with Gasteiger partial charge >= 0.3 is 6.18 Å².